The zero-order chi connectivity index (χ0) is 21.6. The molecular formula is C23H29ClN6O. The van der Waals surface area contributed by atoms with Crippen LogP contribution in [-0.2, 0) is 4.79 Å². The van der Waals surface area contributed by atoms with Gasteiger partial charge in [0.25, 0.3) is 0 Å². The van der Waals surface area contributed by atoms with Gasteiger partial charge in [-0.05, 0) is 30.9 Å². The van der Waals surface area contributed by atoms with E-state index in [0.29, 0.717) is 30.5 Å². The van der Waals surface area contributed by atoms with Crippen molar-refractivity contribution in [3.8, 4) is 6.19 Å². The molecule has 1 saturated carbocycles. The molecular weight excluding hydrogens is 412 g/mol. The van der Waals surface area contributed by atoms with Crippen molar-refractivity contribution in [3.05, 3.63) is 34.9 Å². The van der Waals surface area contributed by atoms with E-state index >= 15 is 0 Å². The Balaban J connectivity index is 1.54. The van der Waals surface area contributed by atoms with Crippen LogP contribution in [0.3, 0.4) is 0 Å². The molecule has 7 nitrogen and oxygen atoms in total. The number of hydrogen-bond donors (Lipinski definition) is 1. The van der Waals surface area contributed by atoms with Crippen molar-refractivity contribution in [2.24, 2.45) is 16.0 Å². The summed E-state index contributed by atoms with van der Waals surface area (Å²) < 4.78 is 0. The van der Waals surface area contributed by atoms with E-state index in [9.17, 15) is 10.1 Å². The highest BCUT2D eigenvalue weighted by Gasteiger charge is 2.38. The van der Waals surface area contributed by atoms with Gasteiger partial charge in [0.15, 0.2) is 6.19 Å². The van der Waals surface area contributed by atoms with E-state index in [1.165, 1.54) is 32.1 Å². The SMILES string of the molecule is N#CNC(=NCCC1CCCCC1)N1CC(N2CCCC2=O)C(c2ccc(Cl)cc2)=N1. The second-order valence-electron chi connectivity index (χ2n) is 8.52. The summed E-state index contributed by atoms with van der Waals surface area (Å²) in [6.07, 6.45) is 11.0. The highest BCUT2D eigenvalue weighted by Crippen LogP contribution is 2.27. The number of carbonyl (C=O) groups excluding carboxylic acids is 1. The zero-order valence-electron chi connectivity index (χ0n) is 17.8. The second-order valence-corrected chi connectivity index (χ2v) is 8.95. The van der Waals surface area contributed by atoms with Gasteiger partial charge in [0.2, 0.25) is 11.9 Å². The number of nitriles is 1. The van der Waals surface area contributed by atoms with Crippen LogP contribution in [0.2, 0.25) is 5.02 Å². The molecule has 1 amide bonds. The van der Waals surface area contributed by atoms with Gasteiger partial charge >= 0.3 is 0 Å². The van der Waals surface area contributed by atoms with Crippen molar-refractivity contribution in [2.45, 2.75) is 57.4 Å². The highest BCUT2D eigenvalue weighted by molar-refractivity contribution is 6.30. The Morgan fingerprint density at radius 1 is 1.23 bits per heavy atom. The van der Waals surface area contributed by atoms with Crippen molar-refractivity contribution in [3.63, 3.8) is 0 Å². The van der Waals surface area contributed by atoms with Crippen molar-refractivity contribution in [2.75, 3.05) is 19.6 Å². The van der Waals surface area contributed by atoms with Gasteiger partial charge in [-0.25, -0.2) is 5.01 Å². The van der Waals surface area contributed by atoms with Crippen LogP contribution in [0.5, 0.6) is 0 Å². The summed E-state index contributed by atoms with van der Waals surface area (Å²) in [7, 11) is 0. The van der Waals surface area contributed by atoms with E-state index in [0.717, 1.165) is 36.6 Å². The van der Waals surface area contributed by atoms with E-state index < -0.39 is 0 Å². The lowest BCUT2D eigenvalue weighted by Gasteiger charge is -2.25. The lowest BCUT2D eigenvalue weighted by atomic mass is 9.87. The fraction of sp³-hybridized carbons (Fsp3) is 0.565. The zero-order valence-corrected chi connectivity index (χ0v) is 18.5. The third-order valence-corrected chi connectivity index (χ3v) is 6.70. The maximum Gasteiger partial charge on any atom is 0.228 e. The first-order valence-corrected chi connectivity index (χ1v) is 11.6. The fourth-order valence-corrected chi connectivity index (χ4v) is 4.93. The van der Waals surface area contributed by atoms with Crippen molar-refractivity contribution in [1.29, 1.82) is 5.26 Å². The first-order valence-electron chi connectivity index (χ1n) is 11.3. The molecule has 1 atom stereocenters. The largest absolute Gasteiger partial charge is 0.332 e. The molecule has 0 radical (unpaired) electrons. The van der Waals surface area contributed by atoms with Crippen LogP contribution >= 0.6 is 11.6 Å². The summed E-state index contributed by atoms with van der Waals surface area (Å²) >= 11 is 6.07. The lowest BCUT2D eigenvalue weighted by molar-refractivity contribution is -0.128. The summed E-state index contributed by atoms with van der Waals surface area (Å²) in [5.41, 5.74) is 1.74. The number of hydrogen-bond acceptors (Lipinski definition) is 4. The van der Waals surface area contributed by atoms with Gasteiger partial charge in [0.05, 0.1) is 18.3 Å². The number of hydrazone groups is 1. The molecule has 31 heavy (non-hydrogen) atoms. The third kappa shape index (κ3) is 5.19. The molecule has 1 aromatic carbocycles. The molecule has 0 aromatic heterocycles. The van der Waals surface area contributed by atoms with Gasteiger partial charge in [-0.2, -0.15) is 10.4 Å². The summed E-state index contributed by atoms with van der Waals surface area (Å²) in [4.78, 5) is 19.1. The second kappa shape index (κ2) is 10.1. The molecule has 1 aliphatic carbocycles. The van der Waals surface area contributed by atoms with Crippen molar-refractivity contribution in [1.82, 2.24) is 15.2 Å². The topological polar surface area (TPSA) is 84.1 Å². The van der Waals surface area contributed by atoms with Gasteiger partial charge in [-0.1, -0.05) is 55.8 Å². The Labute approximate surface area is 188 Å². The summed E-state index contributed by atoms with van der Waals surface area (Å²) in [6, 6.07) is 7.35. The van der Waals surface area contributed by atoms with Crippen LogP contribution in [0.4, 0.5) is 0 Å². The minimum absolute atomic E-state index is 0.151. The number of carbonyl (C=O) groups is 1. The molecule has 1 saturated heterocycles. The van der Waals surface area contributed by atoms with Crippen molar-refractivity contribution < 1.29 is 4.79 Å². The number of benzene rings is 1. The average Bonchev–Trinajstić information content (AvgIpc) is 3.40. The predicted octanol–water partition coefficient (Wildman–Crippen LogP) is 3.75. The average molecular weight is 441 g/mol. The number of nitrogens with one attached hydrogen (secondary N) is 1. The van der Waals surface area contributed by atoms with Crippen LogP contribution in [-0.4, -0.2) is 53.2 Å². The number of likely N-dealkylation sites (tertiary alicyclic amines) is 1. The van der Waals surface area contributed by atoms with Gasteiger partial charge in [-0.15, -0.1) is 0 Å². The van der Waals surface area contributed by atoms with Crippen LogP contribution in [0, 0.1) is 17.4 Å². The van der Waals surface area contributed by atoms with Crippen molar-refractivity contribution >= 4 is 29.2 Å². The number of guanidine groups is 1. The molecule has 2 heterocycles. The van der Waals surface area contributed by atoms with E-state index in [4.69, 9.17) is 16.7 Å². The number of nitrogens with zero attached hydrogens (tertiary/aromatic N) is 5. The fourth-order valence-electron chi connectivity index (χ4n) is 4.80. The summed E-state index contributed by atoms with van der Waals surface area (Å²) in [6.45, 7) is 1.88. The van der Waals surface area contributed by atoms with Crippen LogP contribution in [0.1, 0.15) is 56.9 Å². The minimum atomic E-state index is -0.166. The standard InChI is InChI=1S/C23H29ClN6O/c24-19-10-8-18(9-11-19)22-20(29-14-4-7-21(29)31)15-30(28-22)23(27-16-25)26-13-12-17-5-2-1-3-6-17/h8-11,17,20H,1-7,12-15H2,(H,26,27). The van der Waals surface area contributed by atoms with E-state index in [2.05, 4.69) is 10.3 Å². The first kappa shape index (κ1) is 21.6. The maximum absolute atomic E-state index is 12.5. The molecule has 4 rings (SSSR count). The molecule has 2 fully saturated rings. The molecule has 0 bridgehead atoms. The molecule has 164 valence electrons. The molecule has 8 heteroatoms. The highest BCUT2D eigenvalue weighted by atomic mass is 35.5. The van der Waals surface area contributed by atoms with Crippen LogP contribution in [0.15, 0.2) is 34.4 Å². The predicted molar refractivity (Wildman–Crippen MR) is 122 cm³/mol. The van der Waals surface area contributed by atoms with Crippen LogP contribution < -0.4 is 5.32 Å². The molecule has 1 N–H and O–H groups in total. The van der Waals surface area contributed by atoms with Gasteiger partial charge in [0.1, 0.15) is 0 Å². The number of aliphatic imine (C=N–C) groups is 1. The lowest BCUT2D eigenvalue weighted by Crippen LogP contribution is -2.45. The quantitative estimate of drug-likeness (QED) is 0.327. The molecule has 1 unspecified atom stereocenters. The molecule has 2 aliphatic heterocycles. The molecule has 1 aromatic rings. The molecule has 3 aliphatic rings. The van der Waals surface area contributed by atoms with Gasteiger partial charge < -0.3 is 4.90 Å². The Morgan fingerprint density at radius 3 is 2.68 bits per heavy atom. The summed E-state index contributed by atoms with van der Waals surface area (Å²) in [5.74, 6) is 1.33. The Hall–Kier alpha value is -2.59. The third-order valence-electron chi connectivity index (χ3n) is 6.45. The van der Waals surface area contributed by atoms with Gasteiger partial charge in [0, 0.05) is 30.1 Å². The van der Waals surface area contributed by atoms with Crippen LogP contribution in [0.25, 0.3) is 0 Å². The Kier molecular flexibility index (Phi) is 7.08. The monoisotopic (exact) mass is 440 g/mol. The minimum Gasteiger partial charge on any atom is -0.332 e. The normalized spacial score (nSPS) is 22.6. The maximum atomic E-state index is 12.5. The Bertz CT molecular complexity index is 884. The van der Waals surface area contributed by atoms with E-state index in [1.807, 2.05) is 35.4 Å². The number of rotatable bonds is 5. The summed E-state index contributed by atoms with van der Waals surface area (Å²) in [5, 5.41) is 19.2. The number of halogens is 1. The van der Waals surface area contributed by atoms with Gasteiger partial charge in [-0.3, -0.25) is 15.1 Å². The number of amides is 1. The van der Waals surface area contributed by atoms with E-state index in [1.54, 1.807) is 5.01 Å². The Morgan fingerprint density at radius 2 is 2.00 bits per heavy atom. The smallest absolute Gasteiger partial charge is 0.228 e. The molecule has 0 spiro atoms. The first-order chi connectivity index (χ1) is 15.2. The van der Waals surface area contributed by atoms with E-state index in [-0.39, 0.29) is 11.9 Å².